The van der Waals surface area contributed by atoms with Gasteiger partial charge in [-0.3, -0.25) is 14.9 Å². The fourth-order valence-corrected chi connectivity index (χ4v) is 2.29. The number of carbonyl (C=O) groups excluding carboxylic acids is 2. The molecule has 0 saturated heterocycles. The molecule has 2 N–H and O–H groups in total. The number of nitro benzene ring substituents is 1. The van der Waals surface area contributed by atoms with E-state index in [0.29, 0.717) is 11.9 Å². The molecule has 0 unspecified atom stereocenters. The lowest BCUT2D eigenvalue weighted by atomic mass is 10.2. The van der Waals surface area contributed by atoms with Crippen LogP contribution in [-0.4, -0.2) is 33.9 Å². The van der Waals surface area contributed by atoms with Crippen molar-refractivity contribution in [2.45, 2.75) is 31.9 Å². The second-order valence-electron chi connectivity index (χ2n) is 6.31. The van der Waals surface area contributed by atoms with Crippen molar-refractivity contribution in [3.05, 3.63) is 58.0 Å². The van der Waals surface area contributed by atoms with Gasteiger partial charge in [-0.05, 0) is 44.0 Å². The third kappa shape index (κ3) is 4.78. The highest BCUT2D eigenvalue weighted by Gasteiger charge is 2.23. The van der Waals surface area contributed by atoms with Crippen LogP contribution >= 0.6 is 0 Å². The fraction of sp³-hybridized carbons (Fsp3) is 0.278. The van der Waals surface area contributed by atoms with Crippen LogP contribution < -0.4 is 10.6 Å². The number of nitrogens with one attached hydrogen (secondary N) is 2. The second-order valence-corrected chi connectivity index (χ2v) is 6.31. The van der Waals surface area contributed by atoms with E-state index in [4.69, 9.17) is 4.74 Å². The van der Waals surface area contributed by atoms with E-state index in [-0.39, 0.29) is 11.3 Å². The van der Waals surface area contributed by atoms with Gasteiger partial charge in [0, 0.05) is 24.0 Å². The number of esters is 1. The Kier molecular flexibility index (Phi) is 5.48. The SMILES string of the molecule is C[C@H](OC(=O)c1ccc(NC2CC2)nc1)C(=O)Nc1ccc(F)c([N+](=O)[O-])c1. The van der Waals surface area contributed by atoms with Crippen molar-refractivity contribution in [2.24, 2.45) is 0 Å². The van der Waals surface area contributed by atoms with Crippen LogP contribution in [0.1, 0.15) is 30.1 Å². The summed E-state index contributed by atoms with van der Waals surface area (Å²) in [4.78, 5) is 38.3. The van der Waals surface area contributed by atoms with Gasteiger partial charge in [0.1, 0.15) is 5.82 Å². The van der Waals surface area contributed by atoms with Gasteiger partial charge in [0.2, 0.25) is 5.82 Å². The van der Waals surface area contributed by atoms with Gasteiger partial charge in [-0.2, -0.15) is 4.39 Å². The molecule has 10 heteroatoms. The van der Waals surface area contributed by atoms with E-state index < -0.39 is 34.4 Å². The van der Waals surface area contributed by atoms with Crippen molar-refractivity contribution in [1.82, 2.24) is 4.98 Å². The monoisotopic (exact) mass is 388 g/mol. The van der Waals surface area contributed by atoms with Gasteiger partial charge >= 0.3 is 11.7 Å². The molecular formula is C18H17FN4O5. The van der Waals surface area contributed by atoms with Crippen LogP contribution in [0.3, 0.4) is 0 Å². The minimum Gasteiger partial charge on any atom is -0.449 e. The summed E-state index contributed by atoms with van der Waals surface area (Å²) < 4.78 is 18.4. The van der Waals surface area contributed by atoms with Crippen molar-refractivity contribution >= 4 is 29.1 Å². The van der Waals surface area contributed by atoms with Crippen LogP contribution in [0.5, 0.6) is 0 Å². The molecule has 0 aliphatic heterocycles. The lowest BCUT2D eigenvalue weighted by Crippen LogP contribution is -2.30. The first-order valence-electron chi connectivity index (χ1n) is 8.52. The molecule has 1 saturated carbocycles. The van der Waals surface area contributed by atoms with Gasteiger partial charge in [-0.15, -0.1) is 0 Å². The maximum absolute atomic E-state index is 13.3. The number of rotatable bonds is 7. The van der Waals surface area contributed by atoms with Gasteiger partial charge in [0.25, 0.3) is 5.91 Å². The molecule has 1 aliphatic carbocycles. The van der Waals surface area contributed by atoms with Crippen molar-refractivity contribution in [3.8, 4) is 0 Å². The maximum atomic E-state index is 13.3. The number of nitrogens with zero attached hydrogens (tertiary/aromatic N) is 2. The molecule has 146 valence electrons. The average molecular weight is 388 g/mol. The second kappa shape index (κ2) is 7.99. The molecule has 28 heavy (non-hydrogen) atoms. The highest BCUT2D eigenvalue weighted by Crippen LogP contribution is 2.24. The van der Waals surface area contributed by atoms with Gasteiger partial charge < -0.3 is 15.4 Å². The minimum atomic E-state index is -1.18. The smallest absolute Gasteiger partial charge is 0.340 e. The van der Waals surface area contributed by atoms with Crippen LogP contribution in [0.25, 0.3) is 0 Å². The van der Waals surface area contributed by atoms with Crippen molar-refractivity contribution in [1.29, 1.82) is 0 Å². The number of amides is 1. The van der Waals surface area contributed by atoms with Gasteiger partial charge in [0.05, 0.1) is 10.5 Å². The first-order valence-corrected chi connectivity index (χ1v) is 8.52. The summed E-state index contributed by atoms with van der Waals surface area (Å²) in [5.41, 5.74) is -0.579. The van der Waals surface area contributed by atoms with Gasteiger partial charge in [-0.25, -0.2) is 9.78 Å². The van der Waals surface area contributed by atoms with E-state index in [1.807, 2.05) is 0 Å². The van der Waals surface area contributed by atoms with Crippen LogP contribution in [0.15, 0.2) is 36.5 Å². The van der Waals surface area contributed by atoms with E-state index >= 15 is 0 Å². The first kappa shape index (κ1) is 19.2. The number of hydrogen-bond donors (Lipinski definition) is 2. The number of carbonyl (C=O) groups is 2. The Labute approximate surface area is 159 Å². The maximum Gasteiger partial charge on any atom is 0.340 e. The molecule has 1 atom stereocenters. The zero-order valence-corrected chi connectivity index (χ0v) is 14.8. The number of aromatic nitrogens is 1. The van der Waals surface area contributed by atoms with Crippen molar-refractivity contribution in [3.63, 3.8) is 0 Å². The summed E-state index contributed by atoms with van der Waals surface area (Å²) in [6.07, 6.45) is 2.35. The summed E-state index contributed by atoms with van der Waals surface area (Å²) >= 11 is 0. The zero-order chi connectivity index (χ0) is 20.3. The molecule has 0 spiro atoms. The van der Waals surface area contributed by atoms with Crippen LogP contribution in [0, 0.1) is 15.9 Å². The molecule has 2 aromatic rings. The molecule has 0 bridgehead atoms. The molecule has 3 rings (SSSR count). The Morgan fingerprint density at radius 2 is 2.07 bits per heavy atom. The lowest BCUT2D eigenvalue weighted by Gasteiger charge is -2.13. The Hall–Kier alpha value is -3.56. The first-order chi connectivity index (χ1) is 13.3. The van der Waals surface area contributed by atoms with Crippen molar-refractivity contribution in [2.75, 3.05) is 10.6 Å². The molecule has 1 amide bonds. The number of pyridine rings is 1. The molecule has 9 nitrogen and oxygen atoms in total. The van der Waals surface area contributed by atoms with Crippen LogP contribution in [0.2, 0.25) is 0 Å². The lowest BCUT2D eigenvalue weighted by molar-refractivity contribution is -0.387. The van der Waals surface area contributed by atoms with Gasteiger partial charge in [-0.1, -0.05) is 0 Å². The Morgan fingerprint density at radius 1 is 1.32 bits per heavy atom. The quantitative estimate of drug-likeness (QED) is 0.425. The molecule has 1 heterocycles. The fourth-order valence-electron chi connectivity index (χ4n) is 2.29. The number of hydrogen-bond acceptors (Lipinski definition) is 7. The van der Waals surface area contributed by atoms with E-state index in [2.05, 4.69) is 15.6 Å². The number of benzene rings is 1. The third-order valence-corrected chi connectivity index (χ3v) is 3.99. The highest BCUT2D eigenvalue weighted by molar-refractivity contribution is 5.97. The third-order valence-electron chi connectivity index (χ3n) is 3.99. The highest BCUT2D eigenvalue weighted by atomic mass is 19.1. The van der Waals surface area contributed by atoms with E-state index in [9.17, 15) is 24.1 Å². The Morgan fingerprint density at radius 3 is 2.68 bits per heavy atom. The number of ether oxygens (including phenoxy) is 1. The predicted octanol–water partition coefficient (Wildman–Crippen LogP) is 2.89. The Bertz CT molecular complexity index is 915. The molecule has 1 fully saturated rings. The van der Waals surface area contributed by atoms with Crippen LogP contribution in [0.4, 0.5) is 21.6 Å². The average Bonchev–Trinajstić information content (AvgIpc) is 3.47. The number of anilines is 2. The molecule has 1 aliphatic rings. The standard InChI is InChI=1S/C18H17FN4O5/c1-10(17(24)22-13-5-6-14(19)15(8-13)23(26)27)28-18(25)11-2-7-16(20-9-11)21-12-3-4-12/h2,5-10,12H,3-4H2,1H3,(H,20,21)(H,22,24)/t10-/m0/s1. The Balaban J connectivity index is 1.58. The molecule has 1 aromatic carbocycles. The van der Waals surface area contributed by atoms with E-state index in [1.54, 1.807) is 6.07 Å². The molecular weight excluding hydrogens is 371 g/mol. The number of nitro groups is 1. The molecule has 1 aromatic heterocycles. The summed E-state index contributed by atoms with van der Waals surface area (Å²) in [6, 6.07) is 6.54. The summed E-state index contributed by atoms with van der Waals surface area (Å²) in [6.45, 7) is 1.35. The summed E-state index contributed by atoms with van der Waals surface area (Å²) in [5, 5.41) is 16.3. The van der Waals surface area contributed by atoms with E-state index in [0.717, 1.165) is 25.0 Å². The topological polar surface area (TPSA) is 123 Å². The predicted molar refractivity (Wildman–Crippen MR) is 97.4 cm³/mol. The number of halogens is 1. The van der Waals surface area contributed by atoms with Crippen molar-refractivity contribution < 1.29 is 23.6 Å². The van der Waals surface area contributed by atoms with Crippen LogP contribution in [-0.2, 0) is 9.53 Å². The summed E-state index contributed by atoms with van der Waals surface area (Å²) in [7, 11) is 0. The van der Waals surface area contributed by atoms with E-state index in [1.165, 1.54) is 25.3 Å². The molecule has 0 radical (unpaired) electrons. The normalized spacial score (nSPS) is 14.1. The zero-order valence-electron chi connectivity index (χ0n) is 14.8. The van der Waals surface area contributed by atoms with Gasteiger partial charge in [0.15, 0.2) is 6.10 Å². The minimum absolute atomic E-state index is 0.0122. The largest absolute Gasteiger partial charge is 0.449 e. The summed E-state index contributed by atoms with van der Waals surface area (Å²) in [5.74, 6) is -1.82.